The summed E-state index contributed by atoms with van der Waals surface area (Å²) >= 11 is 0. The molecule has 2 fully saturated rings. The number of ether oxygens (including phenoxy) is 1. The highest BCUT2D eigenvalue weighted by Crippen LogP contribution is 2.50. The predicted molar refractivity (Wildman–Crippen MR) is 66.4 cm³/mol. The zero-order valence-corrected chi connectivity index (χ0v) is 10.7. The molecule has 16 heavy (non-hydrogen) atoms. The van der Waals surface area contributed by atoms with E-state index >= 15 is 0 Å². The van der Waals surface area contributed by atoms with Crippen LogP contribution >= 0.6 is 0 Å². The molecule has 1 aliphatic heterocycles. The van der Waals surface area contributed by atoms with Crippen molar-refractivity contribution in [3.63, 3.8) is 0 Å². The van der Waals surface area contributed by atoms with Gasteiger partial charge in [0, 0.05) is 30.7 Å². The summed E-state index contributed by atoms with van der Waals surface area (Å²) in [4.78, 5) is 2.63. The molecule has 1 saturated heterocycles. The first-order valence-electron chi connectivity index (χ1n) is 6.82. The molecule has 1 saturated carbocycles. The van der Waals surface area contributed by atoms with Gasteiger partial charge in [0.1, 0.15) is 0 Å². The molecule has 0 aromatic carbocycles. The fourth-order valence-electron chi connectivity index (χ4n) is 3.59. The van der Waals surface area contributed by atoms with Gasteiger partial charge in [-0.3, -0.25) is 4.90 Å². The van der Waals surface area contributed by atoms with Crippen molar-refractivity contribution in [2.75, 3.05) is 26.3 Å². The minimum Gasteiger partial charge on any atom is -0.381 e. The lowest BCUT2D eigenvalue weighted by Gasteiger charge is -2.60. The number of rotatable bonds is 4. The fraction of sp³-hybridized carbons (Fsp3) is 1.00. The Kier molecular flexibility index (Phi) is 3.88. The van der Waals surface area contributed by atoms with Gasteiger partial charge in [0.05, 0.1) is 0 Å². The normalized spacial score (nSPS) is 33.0. The van der Waals surface area contributed by atoms with E-state index in [1.165, 1.54) is 32.2 Å². The third-order valence-electron chi connectivity index (χ3n) is 4.66. The molecular weight excluding hydrogens is 200 g/mol. The van der Waals surface area contributed by atoms with Crippen molar-refractivity contribution in [1.29, 1.82) is 0 Å². The topological polar surface area (TPSA) is 38.5 Å². The Morgan fingerprint density at radius 1 is 1.31 bits per heavy atom. The van der Waals surface area contributed by atoms with Crippen molar-refractivity contribution in [3.8, 4) is 0 Å². The van der Waals surface area contributed by atoms with Crippen molar-refractivity contribution in [2.45, 2.75) is 51.6 Å². The zero-order valence-electron chi connectivity index (χ0n) is 10.7. The van der Waals surface area contributed by atoms with E-state index in [1.807, 2.05) is 0 Å². The summed E-state index contributed by atoms with van der Waals surface area (Å²) in [5, 5.41) is 0. The highest BCUT2D eigenvalue weighted by Gasteiger charge is 2.55. The first-order chi connectivity index (χ1) is 7.74. The summed E-state index contributed by atoms with van der Waals surface area (Å²) < 4.78 is 5.50. The van der Waals surface area contributed by atoms with Gasteiger partial charge < -0.3 is 10.5 Å². The van der Waals surface area contributed by atoms with Crippen LogP contribution in [0.5, 0.6) is 0 Å². The highest BCUT2D eigenvalue weighted by atomic mass is 16.5. The zero-order chi connectivity index (χ0) is 11.6. The summed E-state index contributed by atoms with van der Waals surface area (Å²) in [6.45, 7) is 8.73. The molecule has 0 aromatic heterocycles. The lowest BCUT2D eigenvalue weighted by Crippen LogP contribution is -2.68. The molecule has 2 unspecified atom stereocenters. The molecule has 94 valence electrons. The van der Waals surface area contributed by atoms with Crippen molar-refractivity contribution in [2.24, 2.45) is 11.1 Å². The number of nitrogens with two attached hydrogens (primary N) is 1. The molecule has 1 heterocycles. The van der Waals surface area contributed by atoms with Gasteiger partial charge in [-0.05, 0) is 38.8 Å². The Balaban J connectivity index is 2.04. The molecule has 0 bridgehead atoms. The Hall–Kier alpha value is -0.120. The minimum absolute atomic E-state index is 0.378. The van der Waals surface area contributed by atoms with Crippen LogP contribution in [-0.2, 0) is 4.74 Å². The van der Waals surface area contributed by atoms with Crippen LogP contribution in [0.1, 0.15) is 39.5 Å². The van der Waals surface area contributed by atoms with Gasteiger partial charge in [0.2, 0.25) is 0 Å². The Labute approximate surface area is 99.3 Å². The second-order valence-electron chi connectivity index (χ2n) is 5.33. The molecule has 0 radical (unpaired) electrons. The van der Waals surface area contributed by atoms with E-state index in [9.17, 15) is 0 Å². The van der Waals surface area contributed by atoms with Gasteiger partial charge in [-0.15, -0.1) is 0 Å². The number of nitrogens with zero attached hydrogens (tertiary/aromatic N) is 1. The van der Waals surface area contributed by atoms with Crippen LogP contribution in [0.2, 0.25) is 0 Å². The monoisotopic (exact) mass is 226 g/mol. The van der Waals surface area contributed by atoms with Crippen molar-refractivity contribution in [1.82, 2.24) is 4.90 Å². The smallest absolute Gasteiger partial charge is 0.0472 e. The minimum atomic E-state index is 0.378. The standard InChI is InChI=1S/C13H26N2O/c1-3-7-15(4-2)12-10-11(14)13(12)5-8-16-9-6-13/h11-12H,3-10,14H2,1-2H3. The molecule has 1 spiro atoms. The fourth-order valence-corrected chi connectivity index (χ4v) is 3.59. The average molecular weight is 226 g/mol. The van der Waals surface area contributed by atoms with E-state index in [2.05, 4.69) is 18.7 Å². The first kappa shape index (κ1) is 12.3. The van der Waals surface area contributed by atoms with Crippen LogP contribution in [0.4, 0.5) is 0 Å². The summed E-state index contributed by atoms with van der Waals surface area (Å²) in [6, 6.07) is 1.13. The van der Waals surface area contributed by atoms with Crippen LogP contribution in [0.15, 0.2) is 0 Å². The third kappa shape index (κ3) is 1.89. The molecule has 0 aromatic rings. The van der Waals surface area contributed by atoms with Gasteiger partial charge >= 0.3 is 0 Å². The molecule has 1 aliphatic carbocycles. The largest absolute Gasteiger partial charge is 0.381 e. The maximum atomic E-state index is 6.29. The molecule has 2 N–H and O–H groups in total. The number of hydrogen-bond donors (Lipinski definition) is 1. The second kappa shape index (κ2) is 5.03. The molecule has 3 nitrogen and oxygen atoms in total. The van der Waals surface area contributed by atoms with Gasteiger partial charge in [-0.1, -0.05) is 13.8 Å². The second-order valence-corrected chi connectivity index (χ2v) is 5.33. The summed E-state index contributed by atoms with van der Waals surface area (Å²) in [7, 11) is 0. The Bertz CT molecular complexity index is 226. The quantitative estimate of drug-likeness (QED) is 0.791. The maximum Gasteiger partial charge on any atom is 0.0472 e. The SMILES string of the molecule is CCCN(CC)C1CC(N)C12CCOCC2. The average Bonchev–Trinajstić information content (AvgIpc) is 2.34. The van der Waals surface area contributed by atoms with Gasteiger partial charge in [0.25, 0.3) is 0 Å². The van der Waals surface area contributed by atoms with Crippen LogP contribution in [0, 0.1) is 5.41 Å². The predicted octanol–water partition coefficient (Wildman–Crippen LogP) is 1.61. The summed E-state index contributed by atoms with van der Waals surface area (Å²) in [5.74, 6) is 0. The highest BCUT2D eigenvalue weighted by molar-refractivity contribution is 5.10. The summed E-state index contributed by atoms with van der Waals surface area (Å²) in [5.41, 5.74) is 6.66. The van der Waals surface area contributed by atoms with Gasteiger partial charge in [-0.25, -0.2) is 0 Å². The van der Waals surface area contributed by atoms with E-state index in [1.54, 1.807) is 0 Å². The molecule has 0 amide bonds. The van der Waals surface area contributed by atoms with Gasteiger partial charge in [-0.2, -0.15) is 0 Å². The lowest BCUT2D eigenvalue weighted by molar-refractivity contribution is -0.112. The Morgan fingerprint density at radius 3 is 2.50 bits per heavy atom. The lowest BCUT2D eigenvalue weighted by atomic mass is 9.56. The van der Waals surface area contributed by atoms with Crippen LogP contribution in [0.3, 0.4) is 0 Å². The first-order valence-corrected chi connectivity index (χ1v) is 6.82. The molecule has 2 aliphatic rings. The van der Waals surface area contributed by atoms with Crippen molar-refractivity contribution >= 4 is 0 Å². The van der Waals surface area contributed by atoms with Crippen LogP contribution in [-0.4, -0.2) is 43.3 Å². The molecule has 2 rings (SSSR count). The van der Waals surface area contributed by atoms with Gasteiger partial charge in [0.15, 0.2) is 0 Å². The molecule has 3 heteroatoms. The number of hydrogen-bond acceptors (Lipinski definition) is 3. The van der Waals surface area contributed by atoms with Crippen LogP contribution < -0.4 is 5.73 Å². The van der Waals surface area contributed by atoms with E-state index < -0.39 is 0 Å². The third-order valence-corrected chi connectivity index (χ3v) is 4.66. The molecule has 2 atom stereocenters. The van der Waals surface area contributed by atoms with E-state index in [0.717, 1.165) is 25.8 Å². The van der Waals surface area contributed by atoms with E-state index in [0.29, 0.717) is 11.5 Å². The van der Waals surface area contributed by atoms with E-state index in [4.69, 9.17) is 10.5 Å². The van der Waals surface area contributed by atoms with Crippen molar-refractivity contribution in [3.05, 3.63) is 0 Å². The summed E-state index contributed by atoms with van der Waals surface area (Å²) in [6.07, 6.45) is 4.76. The maximum absolute atomic E-state index is 6.29. The molecular formula is C13H26N2O. The van der Waals surface area contributed by atoms with Crippen molar-refractivity contribution < 1.29 is 4.74 Å². The Morgan fingerprint density at radius 2 is 2.00 bits per heavy atom. The van der Waals surface area contributed by atoms with Crippen LogP contribution in [0.25, 0.3) is 0 Å². The van der Waals surface area contributed by atoms with E-state index in [-0.39, 0.29) is 0 Å².